The van der Waals surface area contributed by atoms with Gasteiger partial charge in [0.25, 0.3) is 9.04 Å². The molecule has 0 amide bonds. The van der Waals surface area contributed by atoms with E-state index in [-0.39, 0.29) is 0 Å². The smallest absolute Gasteiger partial charge is 0.280 e. The average molecular weight is 255 g/mol. The van der Waals surface area contributed by atoms with Crippen LogP contribution in [-0.2, 0) is 6.42 Å². The summed E-state index contributed by atoms with van der Waals surface area (Å²) < 4.78 is 0. The highest BCUT2D eigenvalue weighted by Gasteiger charge is 2.17. The fraction of sp³-hybridized carbons (Fsp3) is 0.250. The van der Waals surface area contributed by atoms with E-state index in [1.54, 1.807) is 0 Å². The van der Waals surface area contributed by atoms with Gasteiger partial charge in [-0.15, -0.1) is 0 Å². The molecule has 0 bridgehead atoms. The van der Waals surface area contributed by atoms with Gasteiger partial charge in [0.2, 0.25) is 0 Å². The Morgan fingerprint density at radius 3 is 2.33 bits per heavy atom. The van der Waals surface area contributed by atoms with E-state index in [4.69, 9.17) is 0 Å². The topological polar surface area (TPSA) is 20.2 Å². The first kappa shape index (κ1) is 13.1. The second kappa shape index (κ2) is 6.52. The third kappa shape index (κ3) is 3.09. The first-order valence-electron chi connectivity index (χ1n) is 6.52. The molecule has 18 heavy (non-hydrogen) atoms. The van der Waals surface area contributed by atoms with Crippen molar-refractivity contribution >= 4 is 19.4 Å². The molecule has 0 spiro atoms. The zero-order valence-corrected chi connectivity index (χ0v) is 11.8. The van der Waals surface area contributed by atoms with Crippen molar-refractivity contribution in [2.45, 2.75) is 26.2 Å². The molecule has 2 heteroatoms. The summed E-state index contributed by atoms with van der Waals surface area (Å²) in [5, 5.41) is 2.20. The molecule has 2 aromatic carbocycles. The van der Waals surface area contributed by atoms with Crippen LogP contribution in [0.3, 0.4) is 0 Å². The van der Waals surface area contributed by atoms with Crippen LogP contribution in [0.25, 0.3) is 0 Å². The number of rotatable bonds is 5. The maximum atomic E-state index is 10.6. The monoisotopic (exact) mass is 255 g/mol. The highest BCUT2D eigenvalue weighted by Crippen LogP contribution is 2.04. The van der Waals surface area contributed by atoms with Gasteiger partial charge < -0.3 is 4.80 Å². The van der Waals surface area contributed by atoms with Crippen molar-refractivity contribution in [2.24, 2.45) is 0 Å². The van der Waals surface area contributed by atoms with Gasteiger partial charge in [0, 0.05) is 0 Å². The molecule has 2 rings (SSSR count). The third-order valence-electron chi connectivity index (χ3n) is 3.12. The van der Waals surface area contributed by atoms with Gasteiger partial charge in [-0.2, -0.15) is 0 Å². The lowest BCUT2D eigenvalue weighted by molar-refractivity contribution is 0.599. The Morgan fingerprint density at radius 2 is 1.61 bits per heavy atom. The fourth-order valence-corrected chi connectivity index (χ4v) is 3.67. The van der Waals surface area contributed by atoms with Gasteiger partial charge >= 0.3 is 0 Å². The molecule has 1 radical (unpaired) electrons. The van der Waals surface area contributed by atoms with E-state index in [1.807, 2.05) is 36.4 Å². The Hall–Kier alpha value is -1.38. The third-order valence-corrected chi connectivity index (χ3v) is 5.00. The number of unbranched alkanes of at least 4 members (excludes halogenated alkanes) is 1. The standard InChI is InChI=1S/C16H19OSi/c1-2-3-9-14-10-7-8-13-16(14)18(17)15-11-5-4-6-12-15/h4-8,10-13,17H,2-3,9H2,1H3. The summed E-state index contributed by atoms with van der Waals surface area (Å²) in [7, 11) is -1.60. The van der Waals surface area contributed by atoms with Gasteiger partial charge in [0.15, 0.2) is 0 Å². The van der Waals surface area contributed by atoms with E-state index < -0.39 is 9.04 Å². The summed E-state index contributed by atoms with van der Waals surface area (Å²) in [6, 6.07) is 18.3. The number of benzene rings is 2. The molecule has 0 aliphatic carbocycles. The molecule has 0 saturated heterocycles. The Labute approximate surface area is 111 Å². The number of aryl methyl sites for hydroxylation is 1. The Bertz CT molecular complexity index is 481. The van der Waals surface area contributed by atoms with Crippen molar-refractivity contribution < 1.29 is 4.80 Å². The first-order chi connectivity index (χ1) is 8.83. The molecule has 1 N–H and O–H groups in total. The lowest BCUT2D eigenvalue weighted by atomic mass is 10.1. The predicted molar refractivity (Wildman–Crippen MR) is 78.7 cm³/mol. The quantitative estimate of drug-likeness (QED) is 0.812. The van der Waals surface area contributed by atoms with Crippen LogP contribution < -0.4 is 10.4 Å². The fourth-order valence-electron chi connectivity index (χ4n) is 2.09. The largest absolute Gasteiger partial charge is 0.424 e. The molecule has 0 aliphatic rings. The summed E-state index contributed by atoms with van der Waals surface area (Å²) in [6.45, 7) is 2.20. The van der Waals surface area contributed by atoms with Crippen LogP contribution in [0.4, 0.5) is 0 Å². The van der Waals surface area contributed by atoms with Crippen molar-refractivity contribution in [3.63, 3.8) is 0 Å². The molecule has 0 aliphatic heterocycles. The second-order valence-corrected chi connectivity index (χ2v) is 6.29. The minimum atomic E-state index is -1.60. The molecule has 1 nitrogen and oxygen atoms in total. The molecule has 0 unspecified atom stereocenters. The molecule has 0 heterocycles. The van der Waals surface area contributed by atoms with E-state index in [9.17, 15) is 4.80 Å². The highest BCUT2D eigenvalue weighted by molar-refractivity contribution is 6.79. The van der Waals surface area contributed by atoms with E-state index in [1.165, 1.54) is 18.4 Å². The second-order valence-electron chi connectivity index (χ2n) is 4.48. The summed E-state index contributed by atoms with van der Waals surface area (Å²) in [4.78, 5) is 10.6. The van der Waals surface area contributed by atoms with Crippen molar-refractivity contribution in [2.75, 3.05) is 0 Å². The molecule has 0 aromatic heterocycles. The van der Waals surface area contributed by atoms with Gasteiger partial charge in [-0.05, 0) is 28.8 Å². The van der Waals surface area contributed by atoms with Gasteiger partial charge in [0.1, 0.15) is 0 Å². The van der Waals surface area contributed by atoms with Gasteiger partial charge in [-0.1, -0.05) is 67.9 Å². The predicted octanol–water partition coefficient (Wildman–Crippen LogP) is 2.13. The summed E-state index contributed by atoms with van der Waals surface area (Å²) in [5.41, 5.74) is 1.31. The zero-order valence-electron chi connectivity index (χ0n) is 10.8. The highest BCUT2D eigenvalue weighted by atomic mass is 28.3. The molecule has 93 valence electrons. The van der Waals surface area contributed by atoms with Crippen LogP contribution in [0, 0.1) is 0 Å². The number of hydrogen-bond donors (Lipinski definition) is 1. The van der Waals surface area contributed by atoms with Crippen molar-refractivity contribution in [1.82, 2.24) is 0 Å². The van der Waals surface area contributed by atoms with Crippen molar-refractivity contribution in [1.29, 1.82) is 0 Å². The lowest BCUT2D eigenvalue weighted by Gasteiger charge is -2.13. The number of hydrogen-bond acceptors (Lipinski definition) is 1. The van der Waals surface area contributed by atoms with Crippen LogP contribution in [0.5, 0.6) is 0 Å². The molecule has 2 aromatic rings. The maximum Gasteiger partial charge on any atom is 0.280 e. The molecule has 0 atom stereocenters. The van der Waals surface area contributed by atoms with E-state index in [0.717, 1.165) is 16.8 Å². The lowest BCUT2D eigenvalue weighted by Crippen LogP contribution is -2.44. The molecule has 0 saturated carbocycles. The van der Waals surface area contributed by atoms with E-state index in [0.29, 0.717) is 0 Å². The Kier molecular flexibility index (Phi) is 4.73. The SMILES string of the molecule is CCCCc1ccccc1[Si](O)c1ccccc1. The first-order valence-corrected chi connectivity index (χ1v) is 7.97. The van der Waals surface area contributed by atoms with Gasteiger partial charge in [-0.25, -0.2) is 0 Å². The summed E-state index contributed by atoms with van der Waals surface area (Å²) in [6.07, 6.45) is 3.43. The minimum Gasteiger partial charge on any atom is -0.424 e. The Balaban J connectivity index is 2.27. The van der Waals surface area contributed by atoms with Gasteiger partial charge in [0.05, 0.1) is 0 Å². The van der Waals surface area contributed by atoms with Crippen molar-refractivity contribution in [3.8, 4) is 0 Å². The minimum absolute atomic E-state index is 1.06. The van der Waals surface area contributed by atoms with E-state index >= 15 is 0 Å². The van der Waals surface area contributed by atoms with Crippen LogP contribution in [-0.4, -0.2) is 13.8 Å². The van der Waals surface area contributed by atoms with Crippen LogP contribution in [0.15, 0.2) is 54.6 Å². The van der Waals surface area contributed by atoms with Crippen molar-refractivity contribution in [3.05, 3.63) is 60.2 Å². The average Bonchev–Trinajstić information content (AvgIpc) is 2.45. The summed E-state index contributed by atoms with van der Waals surface area (Å²) >= 11 is 0. The molecular formula is C16H19OSi. The Morgan fingerprint density at radius 1 is 0.944 bits per heavy atom. The summed E-state index contributed by atoms with van der Waals surface area (Å²) in [5.74, 6) is 0. The van der Waals surface area contributed by atoms with Crippen LogP contribution in [0.1, 0.15) is 25.3 Å². The van der Waals surface area contributed by atoms with E-state index in [2.05, 4.69) is 25.1 Å². The zero-order chi connectivity index (χ0) is 12.8. The van der Waals surface area contributed by atoms with Crippen LogP contribution >= 0.6 is 0 Å². The normalized spacial score (nSPS) is 10.8. The molecular weight excluding hydrogens is 236 g/mol. The molecule has 0 fully saturated rings. The maximum absolute atomic E-state index is 10.6. The van der Waals surface area contributed by atoms with Gasteiger partial charge in [-0.3, -0.25) is 0 Å². The van der Waals surface area contributed by atoms with Crippen LogP contribution in [0.2, 0.25) is 0 Å².